The van der Waals surface area contributed by atoms with Crippen molar-refractivity contribution in [2.45, 2.75) is 19.8 Å². The molecule has 6 rings (SSSR count). The van der Waals surface area contributed by atoms with Crippen LogP contribution in [0, 0.1) is 0 Å². The fourth-order valence-electron chi connectivity index (χ4n) is 4.33. The molecule has 35 heavy (non-hydrogen) atoms. The Morgan fingerprint density at radius 3 is 2.83 bits per heavy atom. The Hall–Kier alpha value is -4.72. The van der Waals surface area contributed by atoms with E-state index in [-0.39, 0.29) is 5.91 Å². The second kappa shape index (κ2) is 8.57. The van der Waals surface area contributed by atoms with Crippen molar-refractivity contribution in [2.24, 2.45) is 0 Å². The standard InChI is InChI=1S/C27H22N6O2/c1-2-4-26(34)30-18-9-17(12-28-13-18)23-11-21-25(14-29-23)32-33-27(21)24-10-20-19(16-7-8-35-15-16)5-3-6-22(20)31-24/h3,5-15,31H,2,4H2,1H3,(H,30,34)(H,32,33). The summed E-state index contributed by atoms with van der Waals surface area (Å²) in [5.41, 5.74) is 7.88. The molecule has 0 saturated heterocycles. The lowest BCUT2D eigenvalue weighted by Gasteiger charge is -2.06. The number of fused-ring (bicyclic) bond motifs is 2. The second-order valence-electron chi connectivity index (χ2n) is 8.41. The SMILES string of the molecule is CCCC(=O)Nc1cncc(-c2cc3c(-c4cc5c(-c6ccoc6)cccc5[nH]4)n[nH]c3cn2)c1. The van der Waals surface area contributed by atoms with Gasteiger partial charge in [-0.3, -0.25) is 19.9 Å². The maximum absolute atomic E-state index is 12.0. The number of furan rings is 1. The molecule has 8 nitrogen and oxygen atoms in total. The summed E-state index contributed by atoms with van der Waals surface area (Å²) >= 11 is 0. The van der Waals surface area contributed by atoms with Crippen molar-refractivity contribution in [3.63, 3.8) is 0 Å². The number of hydrogen-bond donors (Lipinski definition) is 3. The monoisotopic (exact) mass is 462 g/mol. The predicted octanol–water partition coefficient (Wildman–Crippen LogP) is 6.17. The topological polar surface area (TPSA) is 112 Å². The summed E-state index contributed by atoms with van der Waals surface area (Å²) in [5, 5.41) is 12.6. The fourth-order valence-corrected chi connectivity index (χ4v) is 4.33. The number of aromatic nitrogens is 5. The first-order valence-corrected chi connectivity index (χ1v) is 11.4. The van der Waals surface area contributed by atoms with Crippen LogP contribution in [0.1, 0.15) is 19.8 Å². The lowest BCUT2D eigenvalue weighted by molar-refractivity contribution is -0.116. The molecule has 0 unspecified atom stereocenters. The van der Waals surface area contributed by atoms with E-state index in [4.69, 9.17) is 4.42 Å². The molecule has 0 radical (unpaired) electrons. The van der Waals surface area contributed by atoms with Crippen LogP contribution < -0.4 is 5.32 Å². The van der Waals surface area contributed by atoms with Gasteiger partial charge in [0, 0.05) is 40.0 Å². The van der Waals surface area contributed by atoms with E-state index in [0.29, 0.717) is 12.1 Å². The molecule has 3 N–H and O–H groups in total. The zero-order chi connectivity index (χ0) is 23.8. The van der Waals surface area contributed by atoms with Gasteiger partial charge in [0.05, 0.1) is 47.5 Å². The van der Waals surface area contributed by atoms with Crippen molar-refractivity contribution >= 4 is 33.4 Å². The molecule has 0 aliphatic heterocycles. The average Bonchev–Trinajstić information content (AvgIpc) is 3.63. The minimum Gasteiger partial charge on any atom is -0.472 e. The van der Waals surface area contributed by atoms with Crippen LogP contribution in [-0.2, 0) is 4.79 Å². The lowest BCUT2D eigenvalue weighted by atomic mass is 10.0. The summed E-state index contributed by atoms with van der Waals surface area (Å²) in [6.07, 6.45) is 9.83. The quantitative estimate of drug-likeness (QED) is 0.274. The number of nitrogens with one attached hydrogen (secondary N) is 3. The number of aromatic amines is 2. The van der Waals surface area contributed by atoms with Gasteiger partial charge in [-0.1, -0.05) is 19.1 Å². The van der Waals surface area contributed by atoms with E-state index in [2.05, 4.69) is 42.6 Å². The number of benzene rings is 1. The molecule has 0 bridgehead atoms. The number of nitrogens with zero attached hydrogens (tertiary/aromatic N) is 3. The van der Waals surface area contributed by atoms with Crippen molar-refractivity contribution < 1.29 is 9.21 Å². The van der Waals surface area contributed by atoms with Crippen molar-refractivity contribution in [1.29, 1.82) is 0 Å². The van der Waals surface area contributed by atoms with Gasteiger partial charge in [0.25, 0.3) is 0 Å². The van der Waals surface area contributed by atoms with E-state index in [1.165, 1.54) is 0 Å². The van der Waals surface area contributed by atoms with Crippen LogP contribution in [0.3, 0.4) is 0 Å². The van der Waals surface area contributed by atoms with Gasteiger partial charge in [0.1, 0.15) is 5.69 Å². The molecule has 0 atom stereocenters. The molecule has 5 heterocycles. The normalized spacial score (nSPS) is 11.3. The van der Waals surface area contributed by atoms with Crippen molar-refractivity contribution in [3.8, 4) is 33.8 Å². The van der Waals surface area contributed by atoms with E-state index in [9.17, 15) is 4.79 Å². The molecule has 0 saturated carbocycles. The largest absolute Gasteiger partial charge is 0.472 e. The first-order chi connectivity index (χ1) is 17.2. The van der Waals surface area contributed by atoms with Crippen LogP contribution in [-0.4, -0.2) is 31.1 Å². The number of pyridine rings is 2. The van der Waals surface area contributed by atoms with Crippen LogP contribution in [0.15, 0.2) is 78.0 Å². The first-order valence-electron chi connectivity index (χ1n) is 11.4. The predicted molar refractivity (Wildman–Crippen MR) is 136 cm³/mol. The molecule has 0 spiro atoms. The Bertz CT molecular complexity index is 1660. The van der Waals surface area contributed by atoms with Gasteiger partial charge in [-0.2, -0.15) is 5.10 Å². The average molecular weight is 463 g/mol. The highest BCUT2D eigenvalue weighted by molar-refractivity contribution is 6.01. The van der Waals surface area contributed by atoms with Gasteiger partial charge < -0.3 is 14.7 Å². The first kappa shape index (κ1) is 20.9. The van der Waals surface area contributed by atoms with Crippen LogP contribution in [0.2, 0.25) is 0 Å². The number of amides is 1. The minimum atomic E-state index is -0.0272. The number of anilines is 1. The summed E-state index contributed by atoms with van der Waals surface area (Å²) < 4.78 is 5.29. The molecule has 5 aromatic heterocycles. The molecule has 1 aromatic carbocycles. The van der Waals surface area contributed by atoms with Gasteiger partial charge in [-0.25, -0.2) is 0 Å². The molecule has 6 aromatic rings. The Morgan fingerprint density at radius 2 is 1.97 bits per heavy atom. The lowest BCUT2D eigenvalue weighted by Crippen LogP contribution is -2.10. The van der Waals surface area contributed by atoms with Gasteiger partial charge in [-0.15, -0.1) is 0 Å². The van der Waals surface area contributed by atoms with E-state index in [1.54, 1.807) is 31.1 Å². The molecule has 0 fully saturated rings. The van der Waals surface area contributed by atoms with Crippen molar-refractivity contribution in [2.75, 3.05) is 5.32 Å². The van der Waals surface area contributed by atoms with Crippen molar-refractivity contribution in [1.82, 2.24) is 25.1 Å². The van der Waals surface area contributed by atoms with E-state index >= 15 is 0 Å². The Labute approximate surface area is 200 Å². The summed E-state index contributed by atoms with van der Waals surface area (Å²) in [5.74, 6) is -0.0272. The molecule has 0 aliphatic carbocycles. The van der Waals surface area contributed by atoms with Crippen LogP contribution in [0.25, 0.3) is 55.6 Å². The zero-order valence-electron chi connectivity index (χ0n) is 19.0. The number of rotatable bonds is 6. The number of carbonyl (C=O) groups is 1. The van der Waals surface area contributed by atoms with Gasteiger partial charge >= 0.3 is 0 Å². The van der Waals surface area contributed by atoms with Gasteiger partial charge in [0.2, 0.25) is 5.91 Å². The van der Waals surface area contributed by atoms with Crippen LogP contribution in [0.5, 0.6) is 0 Å². The van der Waals surface area contributed by atoms with Gasteiger partial charge in [-0.05, 0) is 42.3 Å². The number of carbonyl (C=O) groups excluding carboxylic acids is 1. The molecule has 1 amide bonds. The fraction of sp³-hybridized carbons (Fsp3) is 0.111. The summed E-state index contributed by atoms with van der Waals surface area (Å²) in [4.78, 5) is 24.4. The Kier molecular flexibility index (Phi) is 5.11. The van der Waals surface area contributed by atoms with Gasteiger partial charge in [0.15, 0.2) is 0 Å². The molecule has 172 valence electrons. The molecular weight excluding hydrogens is 440 g/mol. The highest BCUT2D eigenvalue weighted by Gasteiger charge is 2.15. The Morgan fingerprint density at radius 1 is 1.03 bits per heavy atom. The molecule has 8 heteroatoms. The molecule has 0 aliphatic rings. The minimum absolute atomic E-state index is 0.0272. The summed E-state index contributed by atoms with van der Waals surface area (Å²) in [6.45, 7) is 1.97. The number of hydrogen-bond acceptors (Lipinski definition) is 5. The van der Waals surface area contributed by atoms with Crippen molar-refractivity contribution in [3.05, 3.63) is 73.6 Å². The summed E-state index contributed by atoms with van der Waals surface area (Å²) in [7, 11) is 0. The zero-order valence-corrected chi connectivity index (χ0v) is 19.0. The maximum Gasteiger partial charge on any atom is 0.224 e. The third-order valence-corrected chi connectivity index (χ3v) is 5.99. The summed E-state index contributed by atoms with van der Waals surface area (Å²) in [6, 6.07) is 14.1. The highest BCUT2D eigenvalue weighted by atomic mass is 16.3. The van der Waals surface area contributed by atoms with E-state index in [1.807, 2.05) is 37.3 Å². The van der Waals surface area contributed by atoms with E-state index in [0.717, 1.165) is 62.0 Å². The highest BCUT2D eigenvalue weighted by Crippen LogP contribution is 2.35. The second-order valence-corrected chi connectivity index (χ2v) is 8.41. The van der Waals surface area contributed by atoms with E-state index < -0.39 is 0 Å². The Balaban J connectivity index is 1.40. The smallest absolute Gasteiger partial charge is 0.224 e. The maximum atomic E-state index is 12.0. The van der Waals surface area contributed by atoms with Crippen LogP contribution in [0.4, 0.5) is 5.69 Å². The van der Waals surface area contributed by atoms with Crippen LogP contribution >= 0.6 is 0 Å². The third kappa shape index (κ3) is 3.85. The number of H-pyrrole nitrogens is 2. The third-order valence-electron chi connectivity index (χ3n) is 5.99. The molecular formula is C27H22N6O2.